The summed E-state index contributed by atoms with van der Waals surface area (Å²) in [6.45, 7) is 0.894. The zero-order valence-corrected chi connectivity index (χ0v) is 14.6. The van der Waals surface area contributed by atoms with Crippen molar-refractivity contribution in [2.24, 2.45) is 0 Å². The Kier molecular flexibility index (Phi) is 4.90. The van der Waals surface area contributed by atoms with Crippen molar-refractivity contribution in [3.8, 4) is 12.1 Å². The summed E-state index contributed by atoms with van der Waals surface area (Å²) in [5.74, 6) is -0.781. The second-order valence-corrected chi connectivity index (χ2v) is 7.65. The first-order valence-corrected chi connectivity index (χ1v) is 9.36. The zero-order chi connectivity index (χ0) is 18.7. The number of anilines is 1. The minimum absolute atomic E-state index is 0.140. The Balaban J connectivity index is 1.84. The number of halogens is 1. The van der Waals surface area contributed by atoms with E-state index >= 15 is 0 Å². The number of nitrogens with zero attached hydrogens (tertiary/aromatic N) is 4. The van der Waals surface area contributed by atoms with E-state index in [2.05, 4.69) is 12.1 Å². The topological polar surface area (TPSA) is 88.2 Å². The van der Waals surface area contributed by atoms with Crippen molar-refractivity contribution in [1.82, 2.24) is 4.31 Å². The van der Waals surface area contributed by atoms with Crippen LogP contribution in [0.25, 0.3) is 0 Å². The van der Waals surface area contributed by atoms with Gasteiger partial charge in [-0.05, 0) is 24.3 Å². The fourth-order valence-electron chi connectivity index (χ4n) is 3.01. The summed E-state index contributed by atoms with van der Waals surface area (Å²) < 4.78 is 40.4. The van der Waals surface area contributed by atoms with Crippen molar-refractivity contribution in [2.45, 2.75) is 4.90 Å². The molecule has 1 heterocycles. The van der Waals surface area contributed by atoms with Crippen LogP contribution in [-0.2, 0) is 10.0 Å². The molecule has 1 fully saturated rings. The van der Waals surface area contributed by atoms with Crippen LogP contribution < -0.4 is 4.90 Å². The monoisotopic (exact) mass is 370 g/mol. The molecule has 2 aromatic rings. The summed E-state index contributed by atoms with van der Waals surface area (Å²) in [7, 11) is -3.93. The van der Waals surface area contributed by atoms with Crippen molar-refractivity contribution in [3.63, 3.8) is 0 Å². The van der Waals surface area contributed by atoms with Gasteiger partial charge in [0.25, 0.3) is 0 Å². The van der Waals surface area contributed by atoms with Gasteiger partial charge < -0.3 is 4.90 Å². The Labute approximate surface area is 151 Å². The highest BCUT2D eigenvalue weighted by Gasteiger charge is 2.31. The van der Waals surface area contributed by atoms with Crippen molar-refractivity contribution < 1.29 is 12.8 Å². The maximum Gasteiger partial charge on any atom is 0.246 e. The quantitative estimate of drug-likeness (QED) is 0.825. The second-order valence-electron chi connectivity index (χ2n) is 5.75. The number of benzene rings is 2. The normalized spacial score (nSPS) is 15.3. The zero-order valence-electron chi connectivity index (χ0n) is 13.8. The van der Waals surface area contributed by atoms with E-state index in [-0.39, 0.29) is 18.0 Å². The van der Waals surface area contributed by atoms with Gasteiger partial charge in [-0.25, -0.2) is 12.8 Å². The largest absolute Gasteiger partial charge is 0.367 e. The average Bonchev–Trinajstić information content (AvgIpc) is 2.67. The molecule has 0 bridgehead atoms. The molecule has 2 aromatic carbocycles. The van der Waals surface area contributed by atoms with Crippen LogP contribution in [0.15, 0.2) is 47.4 Å². The molecular weight excluding hydrogens is 355 g/mol. The smallest absolute Gasteiger partial charge is 0.246 e. The molecule has 1 aliphatic rings. The van der Waals surface area contributed by atoms with Crippen LogP contribution in [0.2, 0.25) is 0 Å². The van der Waals surface area contributed by atoms with Gasteiger partial charge in [0.05, 0.1) is 16.8 Å². The predicted octanol–water partition coefficient (Wildman–Crippen LogP) is 2.08. The number of rotatable bonds is 3. The van der Waals surface area contributed by atoms with Gasteiger partial charge in [-0.1, -0.05) is 18.2 Å². The molecule has 3 rings (SSSR count). The van der Waals surface area contributed by atoms with Crippen LogP contribution in [0.5, 0.6) is 0 Å². The van der Waals surface area contributed by atoms with Crippen LogP contribution >= 0.6 is 0 Å². The highest BCUT2D eigenvalue weighted by Crippen LogP contribution is 2.27. The Bertz CT molecular complexity index is 984. The molecule has 6 nitrogen and oxygen atoms in total. The molecule has 8 heteroatoms. The minimum Gasteiger partial charge on any atom is -0.367 e. The SMILES string of the molecule is N#Cc1cccc(C#N)c1N1CCN(S(=O)(=O)c2ccccc2F)CC1. The first-order chi connectivity index (χ1) is 12.5. The fraction of sp³-hybridized carbons (Fsp3) is 0.222. The highest BCUT2D eigenvalue weighted by atomic mass is 32.2. The van der Waals surface area contributed by atoms with Gasteiger partial charge >= 0.3 is 0 Å². The van der Waals surface area contributed by atoms with Gasteiger partial charge in [-0.2, -0.15) is 14.8 Å². The second kappa shape index (κ2) is 7.12. The Morgan fingerprint density at radius 2 is 1.46 bits per heavy atom. The van der Waals surface area contributed by atoms with E-state index in [1.807, 2.05) is 4.90 Å². The number of hydrogen-bond donors (Lipinski definition) is 0. The maximum atomic E-state index is 13.9. The van der Waals surface area contributed by atoms with Crippen LogP contribution in [0.1, 0.15) is 11.1 Å². The van der Waals surface area contributed by atoms with Gasteiger partial charge in [0.1, 0.15) is 22.9 Å². The van der Waals surface area contributed by atoms with Crippen molar-refractivity contribution in [2.75, 3.05) is 31.1 Å². The molecule has 0 atom stereocenters. The van der Waals surface area contributed by atoms with E-state index in [0.717, 1.165) is 6.07 Å². The molecule has 0 spiro atoms. The molecule has 0 radical (unpaired) electrons. The standard InChI is InChI=1S/C18H15FN4O2S/c19-16-6-1-2-7-17(16)26(24,25)23-10-8-22(9-11-23)18-14(12-20)4-3-5-15(18)13-21/h1-7H,8-11H2. The van der Waals surface area contributed by atoms with E-state index in [9.17, 15) is 23.3 Å². The third kappa shape index (κ3) is 3.13. The molecule has 0 amide bonds. The summed E-state index contributed by atoms with van der Waals surface area (Å²) in [4.78, 5) is 1.48. The lowest BCUT2D eigenvalue weighted by atomic mass is 10.1. The summed E-state index contributed by atoms with van der Waals surface area (Å²) in [5, 5.41) is 18.6. The third-order valence-corrected chi connectivity index (χ3v) is 6.22. The van der Waals surface area contributed by atoms with Crippen LogP contribution in [0.4, 0.5) is 10.1 Å². The van der Waals surface area contributed by atoms with Gasteiger partial charge in [0.2, 0.25) is 10.0 Å². The molecule has 0 aromatic heterocycles. The third-order valence-electron chi connectivity index (χ3n) is 4.29. The lowest BCUT2D eigenvalue weighted by Gasteiger charge is -2.36. The van der Waals surface area contributed by atoms with Crippen molar-refractivity contribution in [3.05, 3.63) is 59.4 Å². The Morgan fingerprint density at radius 3 is 2.00 bits per heavy atom. The van der Waals surface area contributed by atoms with Gasteiger partial charge in [0.15, 0.2) is 0 Å². The van der Waals surface area contributed by atoms with Gasteiger partial charge in [-0.15, -0.1) is 0 Å². The number of sulfonamides is 1. The lowest BCUT2D eigenvalue weighted by Crippen LogP contribution is -2.49. The summed E-state index contributed by atoms with van der Waals surface area (Å²) in [6, 6.07) is 14.3. The first kappa shape index (κ1) is 17.9. The van der Waals surface area contributed by atoms with Gasteiger partial charge in [-0.3, -0.25) is 0 Å². The average molecular weight is 370 g/mol. The molecule has 0 unspecified atom stereocenters. The highest BCUT2D eigenvalue weighted by molar-refractivity contribution is 7.89. The summed E-state index contributed by atoms with van der Waals surface area (Å²) in [5.41, 5.74) is 1.25. The van der Waals surface area contributed by atoms with Crippen LogP contribution in [0.3, 0.4) is 0 Å². The van der Waals surface area contributed by atoms with Crippen LogP contribution in [-0.4, -0.2) is 38.9 Å². The first-order valence-electron chi connectivity index (χ1n) is 7.92. The molecular formula is C18H15FN4O2S. The summed E-state index contributed by atoms with van der Waals surface area (Å²) >= 11 is 0. The van der Waals surface area contributed by atoms with E-state index in [1.165, 1.54) is 22.5 Å². The number of piperazine rings is 1. The molecule has 26 heavy (non-hydrogen) atoms. The predicted molar refractivity (Wildman–Crippen MR) is 93.2 cm³/mol. The molecule has 1 saturated heterocycles. The van der Waals surface area contributed by atoms with E-state index in [4.69, 9.17) is 0 Å². The molecule has 0 saturated carbocycles. The number of hydrogen-bond acceptors (Lipinski definition) is 5. The van der Waals surface area contributed by atoms with Gasteiger partial charge in [0, 0.05) is 26.2 Å². The van der Waals surface area contributed by atoms with E-state index in [1.54, 1.807) is 18.2 Å². The number of para-hydroxylation sites is 1. The molecule has 1 aliphatic heterocycles. The van der Waals surface area contributed by atoms with E-state index in [0.29, 0.717) is 29.9 Å². The van der Waals surface area contributed by atoms with E-state index < -0.39 is 15.8 Å². The van der Waals surface area contributed by atoms with Crippen molar-refractivity contribution in [1.29, 1.82) is 10.5 Å². The Hall–Kier alpha value is -2.94. The lowest BCUT2D eigenvalue weighted by molar-refractivity contribution is 0.382. The maximum absolute atomic E-state index is 13.9. The minimum atomic E-state index is -3.93. The summed E-state index contributed by atoms with van der Waals surface area (Å²) in [6.07, 6.45) is 0. The molecule has 132 valence electrons. The molecule has 0 aliphatic carbocycles. The molecule has 0 N–H and O–H groups in total. The number of nitriles is 2. The van der Waals surface area contributed by atoms with Crippen LogP contribution in [0, 0.1) is 28.5 Å². The fourth-order valence-corrected chi connectivity index (χ4v) is 4.50. The van der Waals surface area contributed by atoms with Crippen molar-refractivity contribution >= 4 is 15.7 Å². The Morgan fingerprint density at radius 1 is 0.885 bits per heavy atom.